The predicted molar refractivity (Wildman–Crippen MR) is 116 cm³/mol. The Labute approximate surface area is 179 Å². The van der Waals surface area contributed by atoms with Crippen molar-refractivity contribution >= 4 is 38.0 Å². The highest BCUT2D eigenvalue weighted by Gasteiger charge is 2.32. The number of rotatable bonds is 6. The lowest BCUT2D eigenvalue weighted by atomic mass is 9.95. The topological polar surface area (TPSA) is 102 Å². The molecule has 4 rings (SSSR count). The van der Waals surface area contributed by atoms with E-state index in [4.69, 9.17) is 4.74 Å². The van der Waals surface area contributed by atoms with Gasteiger partial charge in [0.1, 0.15) is 10.8 Å². The average Bonchev–Trinajstić information content (AvgIpc) is 3.25. The molecule has 1 aliphatic heterocycles. The number of amides is 2. The van der Waals surface area contributed by atoms with Crippen LogP contribution in [0.1, 0.15) is 40.1 Å². The quantitative estimate of drug-likeness (QED) is 0.707. The summed E-state index contributed by atoms with van der Waals surface area (Å²) in [5.74, 6) is 0.0156. The Balaban J connectivity index is 1.49. The van der Waals surface area contributed by atoms with E-state index in [0.717, 1.165) is 36.1 Å². The highest BCUT2D eigenvalue weighted by molar-refractivity contribution is 7.91. The number of thiophene rings is 1. The van der Waals surface area contributed by atoms with E-state index in [0.29, 0.717) is 22.7 Å². The minimum atomic E-state index is -3.09. The molecule has 1 aromatic carbocycles. The molecule has 2 amide bonds. The first-order chi connectivity index (χ1) is 14.4. The zero-order chi connectivity index (χ0) is 21.1. The molecule has 1 saturated heterocycles. The summed E-state index contributed by atoms with van der Waals surface area (Å²) in [5.41, 5.74) is 1.45. The van der Waals surface area contributed by atoms with Crippen LogP contribution in [0.2, 0.25) is 0 Å². The molecule has 0 radical (unpaired) electrons. The normalized spacial score (nSPS) is 19.7. The lowest BCUT2D eigenvalue weighted by Gasteiger charge is -2.15. The van der Waals surface area contributed by atoms with Gasteiger partial charge in [-0.15, -0.1) is 11.3 Å². The lowest BCUT2D eigenvalue weighted by Crippen LogP contribution is -2.36. The molecule has 160 valence electrons. The minimum absolute atomic E-state index is 0.0301. The third-order valence-electron chi connectivity index (χ3n) is 5.33. The second kappa shape index (κ2) is 8.77. The third kappa shape index (κ3) is 4.84. The van der Waals surface area contributed by atoms with Crippen molar-refractivity contribution in [2.45, 2.75) is 38.1 Å². The summed E-state index contributed by atoms with van der Waals surface area (Å²) in [4.78, 5) is 26.6. The Hall–Kier alpha value is -2.39. The van der Waals surface area contributed by atoms with Gasteiger partial charge in [0.25, 0.3) is 11.8 Å². The van der Waals surface area contributed by atoms with E-state index in [9.17, 15) is 18.0 Å². The zero-order valence-corrected chi connectivity index (χ0v) is 18.1. The first-order valence-corrected chi connectivity index (χ1v) is 12.7. The number of hydrogen-bond donors (Lipinski definition) is 2. The summed E-state index contributed by atoms with van der Waals surface area (Å²) in [7, 11) is -3.09. The van der Waals surface area contributed by atoms with Crippen molar-refractivity contribution in [3.63, 3.8) is 0 Å². The molecule has 9 heteroatoms. The van der Waals surface area contributed by atoms with E-state index >= 15 is 0 Å². The number of carbonyl (C=O) groups excluding carboxylic acids is 2. The smallest absolute Gasteiger partial charge is 0.262 e. The fraction of sp³-hybridized carbons (Fsp3) is 0.429. The Morgan fingerprint density at radius 3 is 2.63 bits per heavy atom. The Bertz CT molecular complexity index is 1050. The van der Waals surface area contributed by atoms with Gasteiger partial charge in [0.15, 0.2) is 16.4 Å². The molecule has 2 aromatic rings. The molecule has 0 bridgehead atoms. The molecule has 1 aliphatic carbocycles. The summed E-state index contributed by atoms with van der Waals surface area (Å²) in [5, 5.41) is 6.22. The van der Waals surface area contributed by atoms with Crippen LogP contribution in [-0.2, 0) is 27.5 Å². The average molecular weight is 449 g/mol. The minimum Gasteiger partial charge on any atom is -0.484 e. The van der Waals surface area contributed by atoms with Crippen molar-refractivity contribution in [1.82, 2.24) is 5.32 Å². The van der Waals surface area contributed by atoms with Crippen LogP contribution >= 0.6 is 11.3 Å². The molecular weight excluding hydrogens is 424 g/mol. The van der Waals surface area contributed by atoms with Gasteiger partial charge in [-0.05, 0) is 49.8 Å². The molecule has 2 N–H and O–H groups in total. The van der Waals surface area contributed by atoms with Gasteiger partial charge in [0.2, 0.25) is 0 Å². The predicted octanol–water partition coefficient (Wildman–Crippen LogP) is 2.56. The number of benzene rings is 1. The van der Waals surface area contributed by atoms with Gasteiger partial charge in [-0.1, -0.05) is 18.2 Å². The van der Waals surface area contributed by atoms with Gasteiger partial charge in [-0.3, -0.25) is 9.59 Å². The molecule has 0 unspecified atom stereocenters. The fourth-order valence-electron chi connectivity index (χ4n) is 3.89. The first kappa shape index (κ1) is 20.9. The van der Waals surface area contributed by atoms with Gasteiger partial charge in [0.05, 0.1) is 17.1 Å². The van der Waals surface area contributed by atoms with E-state index in [1.165, 1.54) is 11.3 Å². The summed E-state index contributed by atoms with van der Waals surface area (Å²) < 4.78 is 28.9. The van der Waals surface area contributed by atoms with Gasteiger partial charge in [-0.25, -0.2) is 8.42 Å². The van der Waals surface area contributed by atoms with Crippen LogP contribution in [0.25, 0.3) is 0 Å². The van der Waals surface area contributed by atoms with Gasteiger partial charge >= 0.3 is 0 Å². The first-order valence-electron chi connectivity index (χ1n) is 10.0. The Kier molecular flexibility index (Phi) is 6.10. The van der Waals surface area contributed by atoms with Crippen LogP contribution in [0.4, 0.5) is 5.00 Å². The maximum absolute atomic E-state index is 13.0. The molecular formula is C21H24N2O5S2. The van der Waals surface area contributed by atoms with E-state index < -0.39 is 9.84 Å². The number of hydrogen-bond acceptors (Lipinski definition) is 6. The second-order valence-electron chi connectivity index (χ2n) is 7.64. The van der Waals surface area contributed by atoms with Gasteiger partial charge in [-0.2, -0.15) is 0 Å². The summed E-state index contributed by atoms with van der Waals surface area (Å²) in [6, 6.07) is 8.67. The number of nitrogens with one attached hydrogen (secondary N) is 2. The SMILES string of the molecule is O=C(COc1ccccc1)Nc1sc2c(c1C(=O)N[C@@H]1CCS(=O)(=O)C1)CCCC2. The number of carbonyl (C=O) groups is 2. The van der Waals surface area contributed by atoms with Crippen molar-refractivity contribution in [3.05, 3.63) is 46.3 Å². The highest BCUT2D eigenvalue weighted by atomic mass is 32.2. The van der Waals surface area contributed by atoms with E-state index in [1.807, 2.05) is 18.2 Å². The summed E-state index contributed by atoms with van der Waals surface area (Å²) >= 11 is 1.43. The Morgan fingerprint density at radius 1 is 1.13 bits per heavy atom. The maximum Gasteiger partial charge on any atom is 0.262 e. The van der Waals surface area contributed by atoms with E-state index in [-0.39, 0.29) is 36.0 Å². The van der Waals surface area contributed by atoms with Crippen molar-refractivity contribution in [3.8, 4) is 5.75 Å². The molecule has 30 heavy (non-hydrogen) atoms. The number of anilines is 1. The maximum atomic E-state index is 13.0. The van der Waals surface area contributed by atoms with E-state index in [1.54, 1.807) is 12.1 Å². The lowest BCUT2D eigenvalue weighted by molar-refractivity contribution is -0.118. The Morgan fingerprint density at radius 2 is 1.90 bits per heavy atom. The number of ether oxygens (including phenoxy) is 1. The monoisotopic (exact) mass is 448 g/mol. The van der Waals surface area contributed by atoms with Crippen LogP contribution in [0.3, 0.4) is 0 Å². The van der Waals surface area contributed by atoms with Crippen molar-refractivity contribution in [2.75, 3.05) is 23.4 Å². The van der Waals surface area contributed by atoms with Gasteiger partial charge in [0, 0.05) is 10.9 Å². The molecule has 0 spiro atoms. The van der Waals surface area contributed by atoms with E-state index in [2.05, 4.69) is 10.6 Å². The van der Waals surface area contributed by atoms with Crippen LogP contribution < -0.4 is 15.4 Å². The summed E-state index contributed by atoms with van der Waals surface area (Å²) in [6.07, 6.45) is 4.14. The second-order valence-corrected chi connectivity index (χ2v) is 11.0. The number of sulfone groups is 1. The fourth-order valence-corrected chi connectivity index (χ4v) is 6.87. The molecule has 0 saturated carbocycles. The highest BCUT2D eigenvalue weighted by Crippen LogP contribution is 2.38. The standard InChI is InChI=1S/C21H24N2O5S2/c24-18(12-28-15-6-2-1-3-7-15)23-21-19(16-8-4-5-9-17(16)29-21)20(25)22-14-10-11-30(26,27)13-14/h1-3,6-7,14H,4-5,8-13H2,(H,22,25)(H,23,24)/t14-/m1/s1. The molecule has 2 heterocycles. The number of aryl methyl sites for hydroxylation is 1. The van der Waals surface area contributed by atoms with Crippen molar-refractivity contribution in [2.24, 2.45) is 0 Å². The molecule has 7 nitrogen and oxygen atoms in total. The van der Waals surface area contributed by atoms with Crippen LogP contribution in [0.15, 0.2) is 30.3 Å². The molecule has 1 atom stereocenters. The van der Waals surface area contributed by atoms with Gasteiger partial charge < -0.3 is 15.4 Å². The van der Waals surface area contributed by atoms with Crippen LogP contribution in [0, 0.1) is 0 Å². The zero-order valence-electron chi connectivity index (χ0n) is 16.5. The number of para-hydroxylation sites is 1. The van der Waals surface area contributed by atoms with Crippen LogP contribution in [0.5, 0.6) is 5.75 Å². The van der Waals surface area contributed by atoms with Crippen molar-refractivity contribution in [1.29, 1.82) is 0 Å². The molecule has 1 aromatic heterocycles. The largest absolute Gasteiger partial charge is 0.484 e. The van der Waals surface area contributed by atoms with Crippen molar-refractivity contribution < 1.29 is 22.7 Å². The summed E-state index contributed by atoms with van der Waals surface area (Å²) in [6.45, 7) is -0.158. The molecule has 1 fully saturated rings. The molecule has 2 aliphatic rings. The van der Waals surface area contributed by atoms with Crippen LogP contribution in [-0.4, -0.2) is 44.4 Å². The third-order valence-corrected chi connectivity index (χ3v) is 8.31. The number of fused-ring (bicyclic) bond motifs is 1.